The second-order valence-corrected chi connectivity index (χ2v) is 9.36. The molecule has 0 N–H and O–H groups in total. The van der Waals surface area contributed by atoms with Gasteiger partial charge >= 0.3 is 0 Å². The van der Waals surface area contributed by atoms with Crippen LogP contribution in [-0.2, 0) is 0 Å². The van der Waals surface area contributed by atoms with Gasteiger partial charge in [0.1, 0.15) is 10.8 Å². The number of fused-ring (bicyclic) bond motifs is 4. The second kappa shape index (κ2) is 7.07. The summed E-state index contributed by atoms with van der Waals surface area (Å²) in [4.78, 5) is 30.8. The van der Waals surface area contributed by atoms with Crippen molar-refractivity contribution in [3.8, 4) is 10.6 Å². The molecule has 2 heterocycles. The van der Waals surface area contributed by atoms with Gasteiger partial charge in [0.25, 0.3) is 0 Å². The number of carbonyl (C=O) groups is 2. The number of hydrogen-bond acceptors (Lipinski definition) is 5. The van der Waals surface area contributed by atoms with Crippen LogP contribution >= 0.6 is 11.3 Å². The fraction of sp³-hybridized carbons (Fsp3) is 0. The molecule has 0 spiro atoms. The second-order valence-electron chi connectivity index (χ2n) is 8.33. The van der Waals surface area contributed by atoms with Gasteiger partial charge in [0.2, 0.25) is 5.71 Å². The minimum Gasteiger partial charge on any atom is -0.437 e. The van der Waals surface area contributed by atoms with Gasteiger partial charge in [0, 0.05) is 22.8 Å². The van der Waals surface area contributed by atoms with E-state index in [0.717, 1.165) is 36.8 Å². The van der Waals surface area contributed by atoms with Crippen LogP contribution in [-0.4, -0.2) is 16.6 Å². The predicted octanol–water partition coefficient (Wildman–Crippen LogP) is 7.33. The molecule has 0 amide bonds. The molecule has 0 saturated heterocycles. The van der Waals surface area contributed by atoms with Crippen LogP contribution in [0.15, 0.2) is 94.9 Å². The summed E-state index contributed by atoms with van der Waals surface area (Å²) < 4.78 is 6.81. The van der Waals surface area contributed by atoms with Gasteiger partial charge in [-0.2, -0.15) is 0 Å². The lowest BCUT2D eigenvalue weighted by Gasteiger charge is -2.02. The van der Waals surface area contributed by atoms with Crippen LogP contribution in [0.1, 0.15) is 26.5 Å². The number of benzene rings is 4. The highest BCUT2D eigenvalue weighted by molar-refractivity contribution is 7.21. The van der Waals surface area contributed by atoms with Crippen molar-refractivity contribution in [2.75, 3.05) is 0 Å². The molecule has 6 aromatic rings. The smallest absolute Gasteiger partial charge is 0.238 e. The third-order valence-corrected chi connectivity index (χ3v) is 7.30. The van der Waals surface area contributed by atoms with Crippen LogP contribution in [0.25, 0.3) is 48.6 Å². The van der Waals surface area contributed by atoms with Gasteiger partial charge in [-0.15, -0.1) is 11.3 Å². The van der Waals surface area contributed by atoms with Gasteiger partial charge in [-0.3, -0.25) is 9.59 Å². The molecular weight excluding hydrogens is 442 g/mol. The maximum Gasteiger partial charge on any atom is 0.238 e. The molecule has 0 radical (unpaired) electrons. The molecule has 1 aliphatic carbocycles. The highest BCUT2D eigenvalue weighted by atomic mass is 32.1. The summed E-state index contributed by atoms with van der Waals surface area (Å²) in [6.07, 6.45) is 1.54. The average molecular weight is 458 g/mol. The van der Waals surface area contributed by atoms with Gasteiger partial charge in [-0.25, -0.2) is 4.98 Å². The summed E-state index contributed by atoms with van der Waals surface area (Å²) in [7, 11) is 0. The summed E-state index contributed by atoms with van der Waals surface area (Å²) in [5.74, 6) is -0.0860. The number of hydrogen-bond donors (Lipinski definition) is 0. The zero-order valence-electron chi connectivity index (χ0n) is 17.7. The third-order valence-electron chi connectivity index (χ3n) is 6.28. The first kappa shape index (κ1) is 19.1. The van der Waals surface area contributed by atoms with Gasteiger partial charge in [-0.05, 0) is 39.8 Å². The Morgan fingerprint density at radius 1 is 0.706 bits per heavy atom. The van der Waals surface area contributed by atoms with E-state index < -0.39 is 0 Å². The molecule has 160 valence electrons. The maximum absolute atomic E-state index is 13.0. The first-order valence-electron chi connectivity index (χ1n) is 10.9. The Morgan fingerprint density at radius 3 is 2.06 bits per heavy atom. The first-order chi connectivity index (χ1) is 16.7. The fourth-order valence-corrected chi connectivity index (χ4v) is 5.61. The van der Waals surface area contributed by atoms with E-state index in [1.54, 1.807) is 18.2 Å². The van der Waals surface area contributed by atoms with E-state index in [0.29, 0.717) is 22.6 Å². The van der Waals surface area contributed by atoms with Gasteiger partial charge < -0.3 is 4.42 Å². The zero-order valence-corrected chi connectivity index (χ0v) is 18.6. The number of allylic oxidation sites excluding steroid dienone is 1. The number of rotatable bonds is 2. The molecule has 0 unspecified atom stereocenters. The van der Waals surface area contributed by atoms with Crippen molar-refractivity contribution in [3.63, 3.8) is 0 Å². The Morgan fingerprint density at radius 2 is 1.35 bits per heavy atom. The molecule has 2 aromatic heterocycles. The minimum absolute atomic E-state index is 0.126. The molecule has 0 aliphatic heterocycles. The number of thiazole rings is 1. The van der Waals surface area contributed by atoms with Gasteiger partial charge in [-0.1, -0.05) is 66.7 Å². The normalized spacial score (nSPS) is 13.4. The minimum atomic E-state index is -0.269. The average Bonchev–Trinajstić information content (AvgIpc) is 3.50. The molecule has 0 bridgehead atoms. The first-order valence-corrected chi connectivity index (χ1v) is 11.7. The highest BCUT2D eigenvalue weighted by Crippen LogP contribution is 2.37. The third kappa shape index (κ3) is 2.81. The van der Waals surface area contributed by atoms with Crippen LogP contribution in [0.3, 0.4) is 0 Å². The SMILES string of the molecule is O=C1C(=Cc2cc3sc(-c4cccc5ccccc45)nc3o2)C(=O)c2cc3ccccc3cc21. The van der Waals surface area contributed by atoms with E-state index in [1.807, 2.05) is 48.5 Å². The van der Waals surface area contributed by atoms with Crippen LogP contribution in [0.4, 0.5) is 0 Å². The number of furan rings is 1. The summed E-state index contributed by atoms with van der Waals surface area (Å²) in [6.45, 7) is 0. The Bertz CT molecular complexity index is 1760. The summed E-state index contributed by atoms with van der Waals surface area (Å²) in [6, 6.07) is 27.5. The monoisotopic (exact) mass is 457 g/mol. The van der Waals surface area contributed by atoms with Gasteiger partial charge in [0.15, 0.2) is 11.6 Å². The summed E-state index contributed by atoms with van der Waals surface area (Å²) >= 11 is 1.53. The number of carbonyl (C=O) groups excluding carboxylic acids is 2. The Hall–Kier alpha value is -4.35. The molecule has 4 aromatic carbocycles. The number of Topliss-reactive ketones (excluding diaryl/α,β-unsaturated/α-hetero) is 2. The van der Waals surface area contributed by atoms with E-state index in [4.69, 9.17) is 9.40 Å². The molecule has 5 heteroatoms. The Balaban J connectivity index is 1.28. The summed E-state index contributed by atoms with van der Waals surface area (Å²) in [5, 5.41) is 5.04. The van der Waals surface area contributed by atoms with Crippen molar-refractivity contribution >= 4 is 60.9 Å². The lowest BCUT2D eigenvalue weighted by atomic mass is 10.0. The standard InChI is InChI=1S/C29H15NO3S/c31-26-22-12-17-7-1-2-8-18(17)13-23(22)27(32)24(26)14-19-15-25-28(33-19)30-29(34-25)21-11-5-9-16-6-3-4-10-20(16)21/h1-15H. The van der Waals surface area contributed by atoms with Crippen molar-refractivity contribution in [3.05, 3.63) is 107 Å². The quantitative estimate of drug-likeness (QED) is 0.202. The highest BCUT2D eigenvalue weighted by Gasteiger charge is 2.33. The number of nitrogens with zero attached hydrogens (tertiary/aromatic N) is 1. The molecule has 7 rings (SSSR count). The molecule has 1 aliphatic rings. The topological polar surface area (TPSA) is 60.2 Å². The van der Waals surface area contributed by atoms with Crippen molar-refractivity contribution in [2.24, 2.45) is 0 Å². The van der Waals surface area contributed by atoms with E-state index in [9.17, 15) is 9.59 Å². The van der Waals surface area contributed by atoms with Gasteiger partial charge in [0.05, 0.1) is 10.3 Å². The lowest BCUT2D eigenvalue weighted by molar-refractivity contribution is 0.0990. The molecule has 0 saturated carbocycles. The Labute approximate surface area is 197 Å². The fourth-order valence-electron chi connectivity index (χ4n) is 4.63. The van der Waals surface area contributed by atoms with Crippen molar-refractivity contribution < 1.29 is 14.0 Å². The largest absolute Gasteiger partial charge is 0.437 e. The molecule has 4 nitrogen and oxygen atoms in total. The lowest BCUT2D eigenvalue weighted by Crippen LogP contribution is -1.99. The van der Waals surface area contributed by atoms with Crippen LogP contribution in [0, 0.1) is 0 Å². The predicted molar refractivity (Wildman–Crippen MR) is 135 cm³/mol. The van der Waals surface area contributed by atoms with Crippen LogP contribution in [0.2, 0.25) is 0 Å². The van der Waals surface area contributed by atoms with E-state index in [2.05, 4.69) is 24.3 Å². The molecular formula is C29H15NO3S. The zero-order chi connectivity index (χ0) is 22.8. The Kier molecular flexibility index (Phi) is 3.98. The van der Waals surface area contributed by atoms with E-state index >= 15 is 0 Å². The number of ketones is 2. The van der Waals surface area contributed by atoms with E-state index in [1.165, 1.54) is 11.3 Å². The number of aromatic nitrogens is 1. The van der Waals surface area contributed by atoms with E-state index in [-0.39, 0.29) is 17.1 Å². The molecule has 34 heavy (non-hydrogen) atoms. The van der Waals surface area contributed by atoms with Crippen molar-refractivity contribution in [1.82, 2.24) is 4.98 Å². The molecule has 0 fully saturated rings. The van der Waals surface area contributed by atoms with Crippen molar-refractivity contribution in [2.45, 2.75) is 0 Å². The van der Waals surface area contributed by atoms with Crippen LogP contribution < -0.4 is 0 Å². The summed E-state index contributed by atoms with van der Waals surface area (Å²) in [5.41, 5.74) is 2.57. The van der Waals surface area contributed by atoms with Crippen molar-refractivity contribution in [1.29, 1.82) is 0 Å². The maximum atomic E-state index is 13.0. The molecule has 0 atom stereocenters. The van der Waals surface area contributed by atoms with Crippen LogP contribution in [0.5, 0.6) is 0 Å².